The number of esters is 3. The molecule has 0 aliphatic carbocycles. The minimum absolute atomic E-state index is 0.0679. The van der Waals surface area contributed by atoms with Crippen LogP contribution in [0.1, 0.15) is 202 Å². The third kappa shape index (κ3) is 33.6. The largest absolute Gasteiger partial charge is 0.462 e. The second-order valence-electron chi connectivity index (χ2n) is 14.2. The molecule has 1 atom stereocenters. The van der Waals surface area contributed by atoms with Gasteiger partial charge in [0.1, 0.15) is 13.2 Å². The topological polar surface area (TPSA) is 78.9 Å². The van der Waals surface area contributed by atoms with Crippen molar-refractivity contribution >= 4 is 17.9 Å². The summed E-state index contributed by atoms with van der Waals surface area (Å²) in [4.78, 5) is 37.3. The van der Waals surface area contributed by atoms with Gasteiger partial charge in [0.15, 0.2) is 6.10 Å². The Labute approximate surface area is 278 Å². The van der Waals surface area contributed by atoms with Crippen LogP contribution in [0.25, 0.3) is 0 Å². The Morgan fingerprint density at radius 3 is 1.09 bits per heavy atom. The van der Waals surface area contributed by atoms with E-state index in [1.165, 1.54) is 89.9 Å². The van der Waals surface area contributed by atoms with E-state index in [4.69, 9.17) is 14.2 Å². The molecule has 0 bridgehead atoms. The maximum absolute atomic E-state index is 12.6. The molecule has 0 N–H and O–H groups in total. The van der Waals surface area contributed by atoms with Crippen molar-refractivity contribution in [3.05, 3.63) is 0 Å². The number of rotatable bonds is 33. The molecule has 6 heteroatoms. The highest BCUT2D eigenvalue weighted by Crippen LogP contribution is 2.15. The highest BCUT2D eigenvalue weighted by atomic mass is 16.6. The van der Waals surface area contributed by atoms with Gasteiger partial charge < -0.3 is 14.2 Å². The molecule has 0 saturated heterocycles. The Balaban J connectivity index is 4.37. The van der Waals surface area contributed by atoms with E-state index in [0.29, 0.717) is 19.3 Å². The summed E-state index contributed by atoms with van der Waals surface area (Å²) in [6.45, 7) is 11.1. The van der Waals surface area contributed by atoms with Crippen molar-refractivity contribution in [2.24, 2.45) is 11.8 Å². The molecule has 0 aromatic heterocycles. The Morgan fingerprint density at radius 2 is 0.733 bits per heavy atom. The van der Waals surface area contributed by atoms with Crippen LogP contribution in [-0.4, -0.2) is 37.2 Å². The summed E-state index contributed by atoms with van der Waals surface area (Å²) in [6, 6.07) is 0. The average Bonchev–Trinajstić information content (AvgIpc) is 2.99. The smallest absolute Gasteiger partial charge is 0.306 e. The molecule has 0 aromatic carbocycles. The lowest BCUT2D eigenvalue weighted by Gasteiger charge is -2.18. The second-order valence-corrected chi connectivity index (χ2v) is 14.2. The fourth-order valence-electron chi connectivity index (χ4n) is 5.52. The van der Waals surface area contributed by atoms with Crippen molar-refractivity contribution < 1.29 is 28.6 Å². The van der Waals surface area contributed by atoms with Crippen LogP contribution in [-0.2, 0) is 28.6 Å². The Kier molecular flexibility index (Phi) is 31.2. The highest BCUT2D eigenvalue weighted by molar-refractivity contribution is 5.71. The zero-order valence-electron chi connectivity index (χ0n) is 30.5. The second kappa shape index (κ2) is 32.4. The lowest BCUT2D eigenvalue weighted by molar-refractivity contribution is -0.167. The first-order valence-electron chi connectivity index (χ1n) is 19.2. The molecule has 0 saturated carbocycles. The van der Waals surface area contributed by atoms with Crippen molar-refractivity contribution in [2.75, 3.05) is 13.2 Å². The molecular weight excluding hydrogens is 564 g/mol. The summed E-state index contributed by atoms with van der Waals surface area (Å²) in [6.07, 6.45) is 26.9. The first kappa shape index (κ1) is 43.4. The molecular formula is C39H74O6. The number of hydrogen-bond donors (Lipinski definition) is 0. The first-order chi connectivity index (χ1) is 21.7. The van der Waals surface area contributed by atoms with Gasteiger partial charge in [-0.25, -0.2) is 0 Å². The first-order valence-corrected chi connectivity index (χ1v) is 19.2. The standard InChI is InChI=1S/C39H74O6/c1-6-7-8-9-10-11-12-19-24-29-37(40)43-32-36(45-39(42)31-26-21-16-14-18-23-28-35(4)5)33-44-38(41)30-25-20-15-13-17-22-27-34(2)3/h34-36H,6-33H2,1-5H3/t36-/m1/s1. The van der Waals surface area contributed by atoms with Crippen LogP contribution in [0.4, 0.5) is 0 Å². The molecule has 0 fully saturated rings. The third-order valence-electron chi connectivity index (χ3n) is 8.47. The number of ether oxygens (including phenoxy) is 3. The molecule has 45 heavy (non-hydrogen) atoms. The van der Waals surface area contributed by atoms with E-state index in [9.17, 15) is 14.4 Å². The van der Waals surface area contributed by atoms with Gasteiger partial charge >= 0.3 is 17.9 Å². The molecule has 0 unspecified atom stereocenters. The van der Waals surface area contributed by atoms with Gasteiger partial charge in [-0.3, -0.25) is 14.4 Å². The fraction of sp³-hybridized carbons (Fsp3) is 0.923. The molecule has 0 heterocycles. The lowest BCUT2D eigenvalue weighted by Crippen LogP contribution is -2.30. The maximum Gasteiger partial charge on any atom is 0.306 e. The Morgan fingerprint density at radius 1 is 0.422 bits per heavy atom. The average molecular weight is 639 g/mol. The number of hydrogen-bond acceptors (Lipinski definition) is 6. The summed E-state index contributed by atoms with van der Waals surface area (Å²) in [5, 5.41) is 0. The van der Waals surface area contributed by atoms with Crippen molar-refractivity contribution in [2.45, 2.75) is 208 Å². The van der Waals surface area contributed by atoms with Gasteiger partial charge in [0.25, 0.3) is 0 Å². The SMILES string of the molecule is CCCCCCCCCCCC(=O)OC[C@H](COC(=O)CCCCCCCCC(C)C)OC(=O)CCCCCCCCC(C)C. The molecule has 266 valence electrons. The maximum atomic E-state index is 12.6. The normalized spacial score (nSPS) is 12.1. The third-order valence-corrected chi connectivity index (χ3v) is 8.47. The summed E-state index contributed by atoms with van der Waals surface area (Å²) in [7, 11) is 0. The molecule has 0 radical (unpaired) electrons. The van der Waals surface area contributed by atoms with Crippen LogP contribution >= 0.6 is 0 Å². The lowest BCUT2D eigenvalue weighted by atomic mass is 10.0. The van der Waals surface area contributed by atoms with Gasteiger partial charge in [-0.15, -0.1) is 0 Å². The zero-order chi connectivity index (χ0) is 33.4. The molecule has 0 rings (SSSR count). The van der Waals surface area contributed by atoms with E-state index < -0.39 is 6.10 Å². The van der Waals surface area contributed by atoms with Crippen LogP contribution in [0.5, 0.6) is 0 Å². The van der Waals surface area contributed by atoms with Gasteiger partial charge in [-0.2, -0.15) is 0 Å². The summed E-state index contributed by atoms with van der Waals surface area (Å²) < 4.78 is 16.5. The van der Waals surface area contributed by atoms with Crippen LogP contribution in [0.3, 0.4) is 0 Å². The summed E-state index contributed by atoms with van der Waals surface area (Å²) in [5.74, 6) is 0.643. The van der Waals surface area contributed by atoms with Crippen LogP contribution < -0.4 is 0 Å². The predicted molar refractivity (Wildman–Crippen MR) is 187 cm³/mol. The van der Waals surface area contributed by atoms with Crippen molar-refractivity contribution in [1.82, 2.24) is 0 Å². The highest BCUT2D eigenvalue weighted by Gasteiger charge is 2.19. The van der Waals surface area contributed by atoms with Gasteiger partial charge in [-0.1, -0.05) is 163 Å². The summed E-state index contributed by atoms with van der Waals surface area (Å²) >= 11 is 0. The zero-order valence-corrected chi connectivity index (χ0v) is 30.5. The monoisotopic (exact) mass is 639 g/mol. The van der Waals surface area contributed by atoms with Crippen LogP contribution in [0.2, 0.25) is 0 Å². The van der Waals surface area contributed by atoms with Gasteiger partial charge in [0.2, 0.25) is 0 Å². The van der Waals surface area contributed by atoms with Gasteiger partial charge in [0, 0.05) is 19.3 Å². The van der Waals surface area contributed by atoms with E-state index in [0.717, 1.165) is 69.6 Å². The van der Waals surface area contributed by atoms with Gasteiger partial charge in [0.05, 0.1) is 0 Å². The molecule has 0 amide bonds. The Hall–Kier alpha value is -1.59. The quantitative estimate of drug-likeness (QED) is 0.0404. The molecule has 0 aliphatic rings. The number of carbonyl (C=O) groups is 3. The number of unbranched alkanes of at least 4 members (excludes halogenated alkanes) is 18. The van der Waals surface area contributed by atoms with Crippen molar-refractivity contribution in [3.63, 3.8) is 0 Å². The van der Waals surface area contributed by atoms with E-state index in [-0.39, 0.29) is 31.1 Å². The minimum atomic E-state index is -0.759. The van der Waals surface area contributed by atoms with Crippen molar-refractivity contribution in [3.8, 4) is 0 Å². The summed E-state index contributed by atoms with van der Waals surface area (Å²) in [5.41, 5.74) is 0. The molecule has 0 aliphatic heterocycles. The van der Waals surface area contributed by atoms with Crippen LogP contribution in [0.15, 0.2) is 0 Å². The Bertz CT molecular complexity index is 689. The molecule has 0 aromatic rings. The van der Waals surface area contributed by atoms with E-state index in [1.54, 1.807) is 0 Å². The van der Waals surface area contributed by atoms with E-state index >= 15 is 0 Å². The van der Waals surface area contributed by atoms with Crippen LogP contribution in [0, 0.1) is 11.8 Å². The predicted octanol–water partition coefficient (Wildman–Crippen LogP) is 11.5. The van der Waals surface area contributed by atoms with Gasteiger partial charge in [-0.05, 0) is 31.1 Å². The molecule has 6 nitrogen and oxygen atoms in total. The fourth-order valence-corrected chi connectivity index (χ4v) is 5.52. The van der Waals surface area contributed by atoms with E-state index in [2.05, 4.69) is 34.6 Å². The molecule has 0 spiro atoms. The minimum Gasteiger partial charge on any atom is -0.462 e. The van der Waals surface area contributed by atoms with Crippen molar-refractivity contribution in [1.29, 1.82) is 0 Å². The van der Waals surface area contributed by atoms with E-state index in [1.807, 2.05) is 0 Å². The number of carbonyl (C=O) groups excluding carboxylic acids is 3.